The summed E-state index contributed by atoms with van der Waals surface area (Å²) in [6.07, 6.45) is 1.70. The first-order valence-electron chi connectivity index (χ1n) is 5.28. The van der Waals surface area contributed by atoms with E-state index in [1.807, 2.05) is 19.1 Å². The lowest BCUT2D eigenvalue weighted by Gasteiger charge is -2.09. The van der Waals surface area contributed by atoms with Crippen LogP contribution in [-0.2, 0) is 6.54 Å². The fourth-order valence-electron chi connectivity index (χ4n) is 1.61. The Morgan fingerprint density at radius 2 is 2.18 bits per heavy atom. The van der Waals surface area contributed by atoms with Gasteiger partial charge in [0, 0.05) is 18.0 Å². The summed E-state index contributed by atoms with van der Waals surface area (Å²) in [5, 5.41) is 0. The molecule has 5 heteroatoms. The molecule has 2 aromatic heterocycles. The van der Waals surface area contributed by atoms with Gasteiger partial charge in [-0.3, -0.25) is 4.79 Å². The minimum Gasteiger partial charge on any atom is -0.308 e. The summed E-state index contributed by atoms with van der Waals surface area (Å²) >= 11 is 0. The third-order valence-electron chi connectivity index (χ3n) is 2.58. The summed E-state index contributed by atoms with van der Waals surface area (Å²) < 4.78 is 1.70. The highest BCUT2D eigenvalue weighted by Crippen LogP contribution is 2.06. The summed E-state index contributed by atoms with van der Waals surface area (Å²) in [7, 11) is 0. The number of nitrogen functional groups attached to an aromatic ring is 1. The first-order chi connectivity index (χ1) is 8.20. The van der Waals surface area contributed by atoms with Gasteiger partial charge in [0.15, 0.2) is 0 Å². The Labute approximate surface area is 98.9 Å². The van der Waals surface area contributed by atoms with E-state index < -0.39 is 0 Å². The molecule has 2 aromatic rings. The molecule has 0 amide bonds. The topological polar surface area (TPSA) is 72.9 Å². The molecule has 0 saturated heterocycles. The average molecular weight is 230 g/mol. The number of pyridine rings is 2. The quantitative estimate of drug-likeness (QED) is 0.606. The molecule has 0 aromatic carbocycles. The summed E-state index contributed by atoms with van der Waals surface area (Å²) in [5.74, 6) is 5.84. The van der Waals surface area contributed by atoms with Gasteiger partial charge in [-0.2, -0.15) is 0 Å². The van der Waals surface area contributed by atoms with Crippen LogP contribution in [0, 0.1) is 6.92 Å². The number of aryl methyl sites for hydroxylation is 1. The predicted octanol–water partition coefficient (Wildman–Crippen LogP) is 0.886. The third kappa shape index (κ3) is 2.51. The number of nitrogens with zero attached hydrogens (tertiary/aromatic N) is 2. The zero-order valence-corrected chi connectivity index (χ0v) is 9.55. The molecule has 88 valence electrons. The van der Waals surface area contributed by atoms with Gasteiger partial charge in [0.25, 0.3) is 5.56 Å². The maximum atomic E-state index is 11.7. The first kappa shape index (κ1) is 11.3. The molecule has 0 fully saturated rings. The van der Waals surface area contributed by atoms with E-state index in [1.54, 1.807) is 29.0 Å². The van der Waals surface area contributed by atoms with Gasteiger partial charge in [-0.05, 0) is 24.6 Å². The maximum Gasteiger partial charge on any atom is 0.251 e. The first-order valence-corrected chi connectivity index (χ1v) is 5.28. The lowest BCUT2D eigenvalue weighted by Crippen LogP contribution is -2.21. The summed E-state index contributed by atoms with van der Waals surface area (Å²) in [4.78, 5) is 15.8. The molecular formula is C12H14N4O. The van der Waals surface area contributed by atoms with Crippen LogP contribution in [0.15, 0.2) is 41.3 Å². The predicted molar refractivity (Wildman–Crippen MR) is 66.6 cm³/mol. The van der Waals surface area contributed by atoms with E-state index in [2.05, 4.69) is 10.4 Å². The molecule has 0 aliphatic carbocycles. The Morgan fingerprint density at radius 3 is 2.76 bits per heavy atom. The molecule has 0 aliphatic heterocycles. The standard InChI is InChI=1S/C12H14N4O/c1-9-3-2-4-12(17)16(9)8-10-5-6-11(15-13)14-7-10/h2-7H,8,13H2,1H3,(H,14,15). The number of hydrogen-bond donors (Lipinski definition) is 2. The molecule has 2 rings (SSSR count). The van der Waals surface area contributed by atoms with Gasteiger partial charge < -0.3 is 9.99 Å². The molecule has 3 N–H and O–H groups in total. The number of nitrogens with two attached hydrogens (primary N) is 1. The number of rotatable bonds is 3. The van der Waals surface area contributed by atoms with E-state index in [0.29, 0.717) is 12.4 Å². The fraction of sp³-hybridized carbons (Fsp3) is 0.167. The largest absolute Gasteiger partial charge is 0.308 e. The number of aromatic nitrogens is 2. The van der Waals surface area contributed by atoms with Crippen molar-refractivity contribution in [1.29, 1.82) is 0 Å². The minimum absolute atomic E-state index is 0.00831. The van der Waals surface area contributed by atoms with Crippen molar-refractivity contribution >= 4 is 5.82 Å². The molecule has 0 spiro atoms. The van der Waals surface area contributed by atoms with Crippen LogP contribution in [0.4, 0.5) is 5.82 Å². The lowest BCUT2D eigenvalue weighted by molar-refractivity contribution is 0.727. The molecule has 17 heavy (non-hydrogen) atoms. The Morgan fingerprint density at radius 1 is 1.35 bits per heavy atom. The Hall–Kier alpha value is -2.14. The van der Waals surface area contributed by atoms with Crippen LogP contribution in [0.2, 0.25) is 0 Å². The second-order valence-electron chi connectivity index (χ2n) is 3.79. The molecule has 0 unspecified atom stereocenters. The van der Waals surface area contributed by atoms with Crippen molar-refractivity contribution < 1.29 is 0 Å². The monoisotopic (exact) mass is 230 g/mol. The van der Waals surface area contributed by atoms with E-state index in [-0.39, 0.29) is 5.56 Å². The minimum atomic E-state index is -0.00831. The van der Waals surface area contributed by atoms with Crippen LogP contribution in [0.25, 0.3) is 0 Å². The number of anilines is 1. The summed E-state index contributed by atoms with van der Waals surface area (Å²) in [5.41, 5.74) is 4.34. The van der Waals surface area contributed by atoms with Gasteiger partial charge in [0.2, 0.25) is 0 Å². The number of nitrogens with one attached hydrogen (secondary N) is 1. The van der Waals surface area contributed by atoms with Crippen LogP contribution >= 0.6 is 0 Å². The highest BCUT2D eigenvalue weighted by atomic mass is 16.1. The van der Waals surface area contributed by atoms with Gasteiger partial charge in [-0.25, -0.2) is 10.8 Å². The molecule has 0 bridgehead atoms. The van der Waals surface area contributed by atoms with Crippen LogP contribution in [0.3, 0.4) is 0 Å². The third-order valence-corrected chi connectivity index (χ3v) is 2.58. The highest BCUT2D eigenvalue weighted by molar-refractivity contribution is 5.33. The van der Waals surface area contributed by atoms with E-state index >= 15 is 0 Å². The van der Waals surface area contributed by atoms with Crippen molar-refractivity contribution in [3.8, 4) is 0 Å². The van der Waals surface area contributed by atoms with Crippen molar-refractivity contribution in [2.24, 2.45) is 5.84 Å². The average Bonchev–Trinajstić information content (AvgIpc) is 2.35. The van der Waals surface area contributed by atoms with Gasteiger partial charge in [0.05, 0.1) is 6.54 Å². The Bertz CT molecular complexity index is 559. The van der Waals surface area contributed by atoms with Crippen molar-refractivity contribution in [2.75, 3.05) is 5.43 Å². The van der Waals surface area contributed by atoms with E-state index in [1.165, 1.54) is 0 Å². The summed E-state index contributed by atoms with van der Waals surface area (Å²) in [6, 6.07) is 8.88. The van der Waals surface area contributed by atoms with Crippen molar-refractivity contribution in [3.05, 3.63) is 58.1 Å². The summed E-state index contributed by atoms with van der Waals surface area (Å²) in [6.45, 7) is 2.42. The van der Waals surface area contributed by atoms with Crippen LogP contribution in [-0.4, -0.2) is 9.55 Å². The Kier molecular flexibility index (Phi) is 3.20. The van der Waals surface area contributed by atoms with E-state index in [0.717, 1.165) is 11.3 Å². The SMILES string of the molecule is Cc1cccc(=O)n1Cc1ccc(NN)nc1. The van der Waals surface area contributed by atoms with Crippen LogP contribution < -0.4 is 16.8 Å². The fourth-order valence-corrected chi connectivity index (χ4v) is 1.61. The van der Waals surface area contributed by atoms with Gasteiger partial charge in [0.1, 0.15) is 5.82 Å². The van der Waals surface area contributed by atoms with Crippen molar-refractivity contribution in [3.63, 3.8) is 0 Å². The van der Waals surface area contributed by atoms with Crippen molar-refractivity contribution in [1.82, 2.24) is 9.55 Å². The molecule has 0 radical (unpaired) electrons. The number of hydrogen-bond acceptors (Lipinski definition) is 4. The second-order valence-corrected chi connectivity index (χ2v) is 3.79. The lowest BCUT2D eigenvalue weighted by atomic mass is 10.2. The highest BCUT2D eigenvalue weighted by Gasteiger charge is 2.01. The molecule has 2 heterocycles. The second kappa shape index (κ2) is 4.80. The van der Waals surface area contributed by atoms with Crippen molar-refractivity contribution in [2.45, 2.75) is 13.5 Å². The Balaban J connectivity index is 2.28. The zero-order chi connectivity index (χ0) is 12.3. The van der Waals surface area contributed by atoms with E-state index in [9.17, 15) is 4.79 Å². The molecule has 0 atom stereocenters. The van der Waals surface area contributed by atoms with Crippen LogP contribution in [0.1, 0.15) is 11.3 Å². The van der Waals surface area contributed by atoms with Gasteiger partial charge >= 0.3 is 0 Å². The van der Waals surface area contributed by atoms with Gasteiger partial charge in [-0.15, -0.1) is 0 Å². The molecule has 5 nitrogen and oxygen atoms in total. The molecular weight excluding hydrogens is 216 g/mol. The maximum absolute atomic E-state index is 11.7. The number of hydrazine groups is 1. The zero-order valence-electron chi connectivity index (χ0n) is 9.55. The molecule has 0 saturated carbocycles. The smallest absolute Gasteiger partial charge is 0.251 e. The van der Waals surface area contributed by atoms with E-state index in [4.69, 9.17) is 5.84 Å². The molecule has 0 aliphatic rings. The normalized spacial score (nSPS) is 10.2. The van der Waals surface area contributed by atoms with Crippen LogP contribution in [0.5, 0.6) is 0 Å². The van der Waals surface area contributed by atoms with Gasteiger partial charge in [-0.1, -0.05) is 12.1 Å².